The van der Waals surface area contributed by atoms with E-state index in [9.17, 15) is 38.1 Å². The fourth-order valence-corrected chi connectivity index (χ4v) is 12.7. The van der Waals surface area contributed by atoms with Gasteiger partial charge in [0.25, 0.3) is 0 Å². The molecular weight excluding hydrogens is 943 g/mol. The summed E-state index contributed by atoms with van der Waals surface area (Å²) in [6.07, 6.45) is -0.682. The number of β-amino-alcohol motifs (C(OH)–C–C–N with tert-alkyl or cyclic N) is 1. The maximum Gasteiger partial charge on any atom is 0.246 e. The number of aryl methyl sites for hydroxylation is 1. The summed E-state index contributed by atoms with van der Waals surface area (Å²) >= 11 is 1.57. The predicted molar refractivity (Wildman–Crippen MR) is 274 cm³/mol. The van der Waals surface area contributed by atoms with E-state index in [1.54, 1.807) is 91.1 Å². The Morgan fingerprint density at radius 1 is 0.873 bits per heavy atom. The van der Waals surface area contributed by atoms with Gasteiger partial charge in [0.2, 0.25) is 27.7 Å². The molecule has 2 saturated heterocycles. The number of phenols is 2. The van der Waals surface area contributed by atoms with Crippen LogP contribution in [0.15, 0.2) is 103 Å². The second-order valence-electron chi connectivity index (χ2n) is 19.6. The van der Waals surface area contributed by atoms with E-state index in [0.29, 0.717) is 30.9 Å². The highest BCUT2D eigenvalue weighted by molar-refractivity contribution is 7.93. The maximum absolute atomic E-state index is 14.5. The molecule has 3 aliphatic heterocycles. The molecule has 1 unspecified atom stereocenters. The zero-order chi connectivity index (χ0) is 50.8. The molecule has 7 atom stereocenters. The Morgan fingerprint density at radius 3 is 2.08 bits per heavy atom. The zero-order valence-corrected chi connectivity index (χ0v) is 42.5. The van der Waals surface area contributed by atoms with E-state index in [1.165, 1.54) is 9.21 Å². The van der Waals surface area contributed by atoms with E-state index in [1.807, 2.05) is 64.4 Å². The number of unbranched alkanes of at least 4 members (excludes halogenated alkanes) is 1. The summed E-state index contributed by atoms with van der Waals surface area (Å²) < 4.78 is 42.8. The third-order valence-electron chi connectivity index (χ3n) is 13.6. The highest BCUT2D eigenvalue weighted by Crippen LogP contribution is 2.51. The molecule has 15 nitrogen and oxygen atoms in total. The molecule has 2 bridgehead atoms. The van der Waals surface area contributed by atoms with E-state index < -0.39 is 57.0 Å². The minimum Gasteiger partial charge on any atom is -0.508 e. The lowest BCUT2D eigenvalue weighted by Gasteiger charge is -2.35. The second-order valence-corrected chi connectivity index (χ2v) is 22.6. The molecule has 0 aliphatic carbocycles. The van der Waals surface area contributed by atoms with Crippen molar-refractivity contribution in [2.75, 3.05) is 24.0 Å². The highest BCUT2D eigenvalue weighted by Gasteiger charge is 2.54. The summed E-state index contributed by atoms with van der Waals surface area (Å²) in [7, 11) is -3.95. The fourth-order valence-electron chi connectivity index (χ4n) is 9.85. The van der Waals surface area contributed by atoms with Crippen LogP contribution in [0.4, 0.5) is 5.69 Å². The van der Waals surface area contributed by atoms with Gasteiger partial charge in [0.1, 0.15) is 40.7 Å². The van der Waals surface area contributed by atoms with Crippen LogP contribution in [0.3, 0.4) is 0 Å². The van der Waals surface area contributed by atoms with E-state index in [0.717, 1.165) is 44.0 Å². The maximum atomic E-state index is 14.5. The summed E-state index contributed by atoms with van der Waals surface area (Å²) in [5, 5.41) is 35.7. The molecule has 3 aliphatic rings. The van der Waals surface area contributed by atoms with E-state index >= 15 is 0 Å². The number of aromatic nitrogens is 1. The van der Waals surface area contributed by atoms with Crippen molar-refractivity contribution in [2.45, 2.75) is 115 Å². The van der Waals surface area contributed by atoms with Crippen molar-refractivity contribution in [3.63, 3.8) is 0 Å². The molecule has 0 spiro atoms. The minimum atomic E-state index is -3.95. The van der Waals surface area contributed by atoms with Crippen LogP contribution in [-0.2, 0) is 29.1 Å². The number of aliphatic hydroxyl groups is 1. The third-order valence-corrected chi connectivity index (χ3v) is 16.8. The number of nitrogens with one attached hydrogen (secondary N) is 2. The molecule has 71 heavy (non-hydrogen) atoms. The average Bonchev–Trinajstić information content (AvgIpc) is 4.15. The average molecular weight is 1010 g/mol. The van der Waals surface area contributed by atoms with Crippen molar-refractivity contribution < 1.29 is 47.6 Å². The lowest BCUT2D eigenvalue weighted by Crippen LogP contribution is -2.57. The molecular formula is C54H63N5O10S2. The molecule has 4 aromatic carbocycles. The van der Waals surface area contributed by atoms with Gasteiger partial charge in [0, 0.05) is 25.9 Å². The molecule has 8 rings (SSSR count). The standard InChI is InChI=1S/C54H63N5O10S2/c1-7-59(71(66,67)45-29-44-47(35-15-21-39(60)22-16-35)48(49(45)69-44)36-17-23-40(61)24-18-36)38-19-25-42(26-20-38)68-27-9-8-10-46(63)57-51(54(4,5)6)53(65)58-30-41(62)28-43(58)52(64)56-32(2)34-11-13-37(14-12-34)50-33(3)55-31-70-50/h11-26,31-32,41,43-45,49,51,60-62H,7-10,27-30H2,1-6H3,(H,56,64)(H,57,63)/t32-,41+,43-,44+,45?,49-,51+/m0/s1. The SMILES string of the molecule is CCN(c1ccc(OCCCCC(=O)N[C@H](C(=O)N2C[C@H](O)C[C@H]2C(=O)N[C@@H](C)c2ccc(-c3scnc3C)cc2)C(C)(C)C)cc1)S(=O)(=O)C1C[C@H]2O[C@@H]1C(c1ccc(O)cc1)=C2c1ccc(O)cc1. The Bertz CT molecular complexity index is 2850. The largest absolute Gasteiger partial charge is 0.508 e. The molecule has 5 N–H and O–H groups in total. The van der Waals surface area contributed by atoms with Crippen LogP contribution in [0.5, 0.6) is 17.2 Å². The Balaban J connectivity index is 0.831. The van der Waals surface area contributed by atoms with Crippen molar-refractivity contribution in [1.82, 2.24) is 20.5 Å². The third kappa shape index (κ3) is 11.1. The molecule has 17 heteroatoms. The number of carbonyl (C=O) groups is 3. The normalized spacial score (nSPS) is 20.7. The Labute approximate surface area is 419 Å². The number of hydrogen-bond donors (Lipinski definition) is 5. The van der Waals surface area contributed by atoms with Crippen LogP contribution in [0.25, 0.3) is 21.6 Å². The van der Waals surface area contributed by atoms with Crippen molar-refractivity contribution in [3.8, 4) is 27.7 Å². The van der Waals surface area contributed by atoms with Crippen LogP contribution in [0, 0.1) is 12.3 Å². The van der Waals surface area contributed by atoms with Gasteiger partial charge in [-0.25, -0.2) is 13.4 Å². The van der Waals surface area contributed by atoms with Gasteiger partial charge in [-0.05, 0) is 127 Å². The summed E-state index contributed by atoms with van der Waals surface area (Å²) in [6.45, 7) is 11.6. The monoisotopic (exact) mass is 1010 g/mol. The number of phenolic OH excluding ortho intramolecular Hbond substituents is 2. The number of amides is 3. The highest BCUT2D eigenvalue weighted by atomic mass is 32.2. The van der Waals surface area contributed by atoms with Gasteiger partial charge in [-0.1, -0.05) is 69.3 Å². The smallest absolute Gasteiger partial charge is 0.246 e. The van der Waals surface area contributed by atoms with E-state index in [-0.39, 0.29) is 61.7 Å². The zero-order valence-electron chi connectivity index (χ0n) is 40.9. The second kappa shape index (κ2) is 21.2. The first-order valence-corrected chi connectivity index (χ1v) is 26.5. The number of likely N-dealkylation sites (tertiary alicyclic amines) is 1. The van der Waals surface area contributed by atoms with Crippen LogP contribution in [0.1, 0.15) is 95.1 Å². The number of fused-ring (bicyclic) bond motifs is 2. The number of aromatic hydroxyl groups is 2. The number of hydrogen-bond acceptors (Lipinski definition) is 12. The van der Waals surface area contributed by atoms with E-state index in [4.69, 9.17) is 9.47 Å². The van der Waals surface area contributed by atoms with Gasteiger partial charge in [0.15, 0.2) is 0 Å². The Morgan fingerprint density at radius 2 is 1.49 bits per heavy atom. The summed E-state index contributed by atoms with van der Waals surface area (Å²) in [5.41, 5.74) is 7.65. The van der Waals surface area contributed by atoms with Crippen molar-refractivity contribution in [3.05, 3.63) is 125 Å². The molecule has 0 radical (unpaired) electrons. The number of aliphatic hydroxyl groups excluding tert-OH is 1. The summed E-state index contributed by atoms with van der Waals surface area (Å²) in [6, 6.07) is 25.9. The van der Waals surface area contributed by atoms with Gasteiger partial charge in [0.05, 0.1) is 46.6 Å². The van der Waals surface area contributed by atoms with Gasteiger partial charge >= 0.3 is 0 Å². The van der Waals surface area contributed by atoms with Gasteiger partial charge in [-0.3, -0.25) is 18.7 Å². The fraction of sp³-hybridized carbons (Fsp3) is 0.407. The number of rotatable bonds is 18. The summed E-state index contributed by atoms with van der Waals surface area (Å²) in [4.78, 5) is 48.0. The number of nitrogens with zero attached hydrogens (tertiary/aromatic N) is 3. The topological polar surface area (TPSA) is 208 Å². The number of carbonyl (C=O) groups excluding carboxylic acids is 3. The van der Waals surface area contributed by atoms with Crippen molar-refractivity contribution >= 4 is 55.9 Å². The number of benzene rings is 4. The summed E-state index contributed by atoms with van der Waals surface area (Å²) in [5.74, 6) is -0.387. The lowest BCUT2D eigenvalue weighted by molar-refractivity contribution is -0.144. The van der Waals surface area contributed by atoms with Crippen LogP contribution < -0.4 is 19.7 Å². The van der Waals surface area contributed by atoms with Crippen molar-refractivity contribution in [2.24, 2.45) is 5.41 Å². The van der Waals surface area contributed by atoms with E-state index in [2.05, 4.69) is 15.6 Å². The van der Waals surface area contributed by atoms with Gasteiger partial charge in [-0.2, -0.15) is 0 Å². The van der Waals surface area contributed by atoms with Gasteiger partial charge in [-0.15, -0.1) is 11.3 Å². The molecule has 0 saturated carbocycles. The predicted octanol–water partition coefficient (Wildman–Crippen LogP) is 7.76. The quantitative estimate of drug-likeness (QED) is 0.0536. The van der Waals surface area contributed by atoms with Gasteiger partial charge < -0.3 is 40.3 Å². The van der Waals surface area contributed by atoms with Crippen LogP contribution in [0.2, 0.25) is 0 Å². The Kier molecular flexibility index (Phi) is 15.3. The lowest BCUT2D eigenvalue weighted by atomic mass is 9.83. The first-order valence-electron chi connectivity index (χ1n) is 24.2. The Hall–Kier alpha value is -6.27. The molecule has 3 amide bonds. The van der Waals surface area contributed by atoms with Crippen molar-refractivity contribution in [1.29, 1.82) is 0 Å². The molecule has 5 aromatic rings. The first-order chi connectivity index (χ1) is 33.8. The minimum absolute atomic E-state index is 0.0259. The molecule has 376 valence electrons. The number of thiazole rings is 1. The number of ether oxygens (including phenoxy) is 2. The molecule has 1 aromatic heterocycles. The first kappa shape index (κ1) is 51.1. The van der Waals surface area contributed by atoms with Crippen LogP contribution in [-0.4, -0.2) is 107 Å². The number of anilines is 1. The van der Waals surface area contributed by atoms with Crippen LogP contribution >= 0.6 is 11.3 Å². The molecule has 4 heterocycles. The number of sulfonamides is 1. The molecule has 2 fully saturated rings.